The van der Waals surface area contributed by atoms with E-state index in [1.807, 2.05) is 62.5 Å². The van der Waals surface area contributed by atoms with Crippen LogP contribution in [-0.4, -0.2) is 38.7 Å². The lowest BCUT2D eigenvalue weighted by atomic mass is 10.1. The molecule has 3 rings (SSSR count). The normalized spacial score (nSPS) is 11.5. The highest BCUT2D eigenvalue weighted by molar-refractivity contribution is 7.92. The largest absolute Gasteiger partial charge is 0.361 e. The Bertz CT molecular complexity index is 1080. The maximum atomic E-state index is 12.4. The molecule has 0 atom stereocenters. The first-order chi connectivity index (χ1) is 13.3. The van der Waals surface area contributed by atoms with Gasteiger partial charge in [0.05, 0.1) is 24.9 Å². The van der Waals surface area contributed by atoms with Crippen molar-refractivity contribution in [3.05, 3.63) is 65.4 Å². The van der Waals surface area contributed by atoms with E-state index in [1.165, 1.54) is 10.6 Å². The fourth-order valence-electron chi connectivity index (χ4n) is 3.45. The second kappa shape index (κ2) is 8.06. The van der Waals surface area contributed by atoms with E-state index in [2.05, 4.69) is 10.3 Å². The van der Waals surface area contributed by atoms with Crippen molar-refractivity contribution >= 4 is 32.5 Å². The molecule has 6 nitrogen and oxygen atoms in total. The number of sulfonamides is 1. The molecule has 1 heterocycles. The predicted molar refractivity (Wildman–Crippen MR) is 113 cm³/mol. The lowest BCUT2D eigenvalue weighted by Gasteiger charge is -2.26. The molecule has 2 aromatic carbocycles. The Hall–Kier alpha value is -2.80. The van der Waals surface area contributed by atoms with Gasteiger partial charge in [-0.2, -0.15) is 0 Å². The van der Waals surface area contributed by atoms with E-state index in [-0.39, 0.29) is 25.4 Å². The van der Waals surface area contributed by atoms with Crippen LogP contribution in [0.3, 0.4) is 0 Å². The minimum Gasteiger partial charge on any atom is -0.361 e. The van der Waals surface area contributed by atoms with Gasteiger partial charge < -0.3 is 10.3 Å². The van der Waals surface area contributed by atoms with Gasteiger partial charge in [0.25, 0.3) is 0 Å². The monoisotopic (exact) mass is 399 g/mol. The van der Waals surface area contributed by atoms with Crippen LogP contribution in [0.1, 0.15) is 16.7 Å². The van der Waals surface area contributed by atoms with Crippen LogP contribution < -0.4 is 9.62 Å². The third kappa shape index (κ3) is 4.36. The second-order valence-corrected chi connectivity index (χ2v) is 8.87. The molecular weight excluding hydrogens is 374 g/mol. The molecule has 0 saturated carbocycles. The average Bonchev–Trinajstić information content (AvgIpc) is 3.02. The van der Waals surface area contributed by atoms with E-state index in [0.29, 0.717) is 5.69 Å². The minimum absolute atomic E-state index is 0.139. The number of nitrogens with one attached hydrogen (secondary N) is 2. The molecule has 28 heavy (non-hydrogen) atoms. The number of carbonyl (C=O) groups is 1. The molecule has 3 aromatic rings. The fraction of sp³-hybridized carbons (Fsp3) is 0.286. The fourth-order valence-corrected chi connectivity index (χ4v) is 4.50. The smallest absolute Gasteiger partial charge is 0.232 e. The molecule has 0 saturated heterocycles. The van der Waals surface area contributed by atoms with Gasteiger partial charge in [0, 0.05) is 23.6 Å². The number of benzene rings is 2. The molecule has 0 radical (unpaired) electrons. The maximum Gasteiger partial charge on any atom is 0.232 e. The second-order valence-electron chi connectivity index (χ2n) is 6.96. The van der Waals surface area contributed by atoms with Crippen molar-refractivity contribution in [2.75, 3.05) is 23.7 Å². The molecule has 0 aliphatic carbocycles. The summed E-state index contributed by atoms with van der Waals surface area (Å²) in [6, 6.07) is 13.5. The van der Waals surface area contributed by atoms with E-state index in [1.54, 1.807) is 0 Å². The van der Waals surface area contributed by atoms with Gasteiger partial charge in [-0.05, 0) is 36.6 Å². The lowest BCUT2D eigenvalue weighted by Crippen LogP contribution is -2.39. The zero-order valence-corrected chi connectivity index (χ0v) is 17.1. The van der Waals surface area contributed by atoms with E-state index < -0.39 is 10.0 Å². The van der Waals surface area contributed by atoms with E-state index in [4.69, 9.17) is 0 Å². The quantitative estimate of drug-likeness (QED) is 0.641. The van der Waals surface area contributed by atoms with Crippen molar-refractivity contribution in [1.82, 2.24) is 10.3 Å². The summed E-state index contributed by atoms with van der Waals surface area (Å²) >= 11 is 0. The molecule has 0 unspecified atom stereocenters. The molecule has 7 heteroatoms. The van der Waals surface area contributed by atoms with Gasteiger partial charge in [0.2, 0.25) is 15.9 Å². The molecule has 0 aliphatic heterocycles. The van der Waals surface area contributed by atoms with Crippen LogP contribution in [0.15, 0.2) is 48.7 Å². The number of aromatic amines is 1. The van der Waals surface area contributed by atoms with Crippen LogP contribution in [0, 0.1) is 13.8 Å². The Labute approximate surface area is 165 Å². The molecule has 148 valence electrons. The van der Waals surface area contributed by atoms with Crippen molar-refractivity contribution < 1.29 is 13.2 Å². The number of H-pyrrole nitrogens is 1. The summed E-state index contributed by atoms with van der Waals surface area (Å²) in [6.45, 7) is 4.19. The van der Waals surface area contributed by atoms with Gasteiger partial charge in [-0.25, -0.2) is 8.42 Å². The highest BCUT2D eigenvalue weighted by Crippen LogP contribution is 2.26. The zero-order chi connectivity index (χ0) is 20.3. The minimum atomic E-state index is -3.46. The first-order valence-electron chi connectivity index (χ1n) is 9.13. The number of nitrogens with zero attached hydrogens (tertiary/aromatic N) is 1. The van der Waals surface area contributed by atoms with Gasteiger partial charge in [-0.3, -0.25) is 9.10 Å². The van der Waals surface area contributed by atoms with Crippen LogP contribution in [0.5, 0.6) is 0 Å². The maximum absolute atomic E-state index is 12.4. The standard InChI is InChI=1S/C21H25N3O3S/c1-15-7-6-8-16(2)21(15)24(28(3,26)27)12-11-22-20(25)13-17-14-23-19-10-5-4-9-18(17)19/h4-10,14,23H,11-13H2,1-3H3,(H,22,25). The van der Waals surface area contributed by atoms with Crippen LogP contribution in [0.4, 0.5) is 5.69 Å². The number of para-hydroxylation sites is 2. The third-order valence-corrected chi connectivity index (χ3v) is 5.92. The zero-order valence-electron chi connectivity index (χ0n) is 16.3. The van der Waals surface area contributed by atoms with Crippen LogP contribution in [0.2, 0.25) is 0 Å². The summed E-state index contributed by atoms with van der Waals surface area (Å²) < 4.78 is 26.0. The molecule has 1 amide bonds. The Morgan fingerprint density at radius 1 is 1.07 bits per heavy atom. The molecular formula is C21H25N3O3S. The summed E-state index contributed by atoms with van der Waals surface area (Å²) in [6.07, 6.45) is 3.27. The van der Waals surface area contributed by atoms with Gasteiger partial charge in [0.1, 0.15) is 0 Å². The van der Waals surface area contributed by atoms with E-state index >= 15 is 0 Å². The van der Waals surface area contributed by atoms with Crippen molar-refractivity contribution in [2.24, 2.45) is 0 Å². The Balaban J connectivity index is 1.67. The first kappa shape index (κ1) is 19.9. The van der Waals surface area contributed by atoms with Gasteiger partial charge in [0.15, 0.2) is 0 Å². The van der Waals surface area contributed by atoms with Crippen molar-refractivity contribution in [2.45, 2.75) is 20.3 Å². The Morgan fingerprint density at radius 3 is 2.43 bits per heavy atom. The predicted octanol–water partition coefficient (Wildman–Crippen LogP) is 2.91. The van der Waals surface area contributed by atoms with Crippen LogP contribution >= 0.6 is 0 Å². The van der Waals surface area contributed by atoms with Gasteiger partial charge in [-0.15, -0.1) is 0 Å². The molecule has 0 bridgehead atoms. The molecule has 0 spiro atoms. The first-order valence-corrected chi connectivity index (χ1v) is 11.0. The summed E-state index contributed by atoms with van der Waals surface area (Å²) in [4.78, 5) is 15.5. The topological polar surface area (TPSA) is 82.3 Å². The number of aromatic nitrogens is 1. The number of fused-ring (bicyclic) bond motifs is 1. The number of aryl methyl sites for hydroxylation is 2. The van der Waals surface area contributed by atoms with Gasteiger partial charge in [-0.1, -0.05) is 36.4 Å². The summed E-state index contributed by atoms with van der Waals surface area (Å²) in [5, 5.41) is 3.86. The van der Waals surface area contributed by atoms with Crippen molar-refractivity contribution in [1.29, 1.82) is 0 Å². The van der Waals surface area contributed by atoms with Gasteiger partial charge >= 0.3 is 0 Å². The molecule has 1 aromatic heterocycles. The van der Waals surface area contributed by atoms with E-state index in [0.717, 1.165) is 27.6 Å². The number of hydrogen-bond donors (Lipinski definition) is 2. The highest BCUT2D eigenvalue weighted by atomic mass is 32.2. The summed E-state index contributed by atoms with van der Waals surface area (Å²) in [7, 11) is -3.46. The molecule has 2 N–H and O–H groups in total. The lowest BCUT2D eigenvalue weighted by molar-refractivity contribution is -0.120. The van der Waals surface area contributed by atoms with Crippen LogP contribution in [-0.2, 0) is 21.2 Å². The van der Waals surface area contributed by atoms with Crippen LogP contribution in [0.25, 0.3) is 10.9 Å². The number of rotatable bonds is 7. The Kier molecular flexibility index (Phi) is 5.74. The summed E-state index contributed by atoms with van der Waals surface area (Å²) in [5.74, 6) is -0.139. The molecule has 0 aliphatic rings. The van der Waals surface area contributed by atoms with Crippen molar-refractivity contribution in [3.8, 4) is 0 Å². The number of hydrogen-bond acceptors (Lipinski definition) is 3. The third-order valence-electron chi connectivity index (χ3n) is 4.75. The average molecular weight is 400 g/mol. The summed E-state index contributed by atoms with van der Waals surface area (Å²) in [5.41, 5.74) is 4.35. The Morgan fingerprint density at radius 2 is 1.75 bits per heavy atom. The SMILES string of the molecule is Cc1cccc(C)c1N(CCNC(=O)Cc1c[nH]c2ccccc12)S(C)(=O)=O. The van der Waals surface area contributed by atoms with Crippen molar-refractivity contribution in [3.63, 3.8) is 0 Å². The number of anilines is 1. The highest BCUT2D eigenvalue weighted by Gasteiger charge is 2.21. The number of carbonyl (C=O) groups excluding carboxylic acids is 1. The molecule has 0 fully saturated rings. The number of amides is 1. The van der Waals surface area contributed by atoms with E-state index in [9.17, 15) is 13.2 Å².